The highest BCUT2D eigenvalue weighted by Gasteiger charge is 2.11. The second kappa shape index (κ2) is 6.09. The van der Waals surface area contributed by atoms with E-state index in [0.717, 1.165) is 10.0 Å². The summed E-state index contributed by atoms with van der Waals surface area (Å²) >= 11 is 3.48. The summed E-state index contributed by atoms with van der Waals surface area (Å²) < 4.78 is 6.68. The SMILES string of the molecule is NC(N)=NC(N)=Nc1ccc2oc(-c3ccccc3Br)nc2c1. The Morgan fingerprint density at radius 2 is 1.87 bits per heavy atom. The fourth-order valence-corrected chi connectivity index (χ4v) is 2.48. The number of hydrogen-bond acceptors (Lipinski definition) is 3. The van der Waals surface area contributed by atoms with Crippen molar-refractivity contribution < 1.29 is 4.42 Å². The van der Waals surface area contributed by atoms with Crippen molar-refractivity contribution in [3.8, 4) is 11.5 Å². The molecule has 0 fully saturated rings. The van der Waals surface area contributed by atoms with Crippen LogP contribution in [-0.2, 0) is 0 Å². The lowest BCUT2D eigenvalue weighted by atomic mass is 10.2. The van der Waals surface area contributed by atoms with Gasteiger partial charge in [0.1, 0.15) is 5.52 Å². The number of aromatic nitrogens is 1. The number of halogens is 1. The molecule has 6 N–H and O–H groups in total. The Labute approximate surface area is 140 Å². The Kier molecular flexibility index (Phi) is 3.98. The van der Waals surface area contributed by atoms with Crippen molar-refractivity contribution in [2.75, 3.05) is 0 Å². The van der Waals surface area contributed by atoms with E-state index in [9.17, 15) is 0 Å². The van der Waals surface area contributed by atoms with Crippen LogP contribution in [0.5, 0.6) is 0 Å². The average molecular weight is 373 g/mol. The smallest absolute Gasteiger partial charge is 0.228 e. The molecule has 0 atom stereocenters. The molecule has 0 amide bonds. The molecular formula is C15H13BrN6O. The Morgan fingerprint density at radius 3 is 2.61 bits per heavy atom. The van der Waals surface area contributed by atoms with Gasteiger partial charge in [-0.3, -0.25) is 0 Å². The maximum atomic E-state index is 5.77. The fourth-order valence-electron chi connectivity index (χ4n) is 2.02. The Hall–Kier alpha value is -2.87. The predicted octanol–water partition coefficient (Wildman–Crippen LogP) is 2.48. The standard InChI is InChI=1S/C15H13BrN6O/c16-10-4-2-1-3-9(10)13-21-11-7-8(5-6-12(11)23-13)20-15(19)22-14(17)18/h1-7H,(H6,17,18,19,20,22). The monoisotopic (exact) mass is 372 g/mol. The summed E-state index contributed by atoms with van der Waals surface area (Å²) in [5, 5.41) is 0. The Morgan fingerprint density at radius 1 is 1.09 bits per heavy atom. The molecular weight excluding hydrogens is 360 g/mol. The van der Waals surface area contributed by atoms with E-state index in [1.807, 2.05) is 24.3 Å². The average Bonchev–Trinajstić information content (AvgIpc) is 2.89. The minimum Gasteiger partial charge on any atom is -0.436 e. The summed E-state index contributed by atoms with van der Waals surface area (Å²) in [5.41, 5.74) is 18.9. The molecule has 8 heteroatoms. The number of nitrogens with two attached hydrogens (primary N) is 3. The number of nitrogens with zero attached hydrogens (tertiary/aromatic N) is 3. The second-order valence-corrected chi connectivity index (χ2v) is 5.51. The number of rotatable bonds is 2. The van der Waals surface area contributed by atoms with Crippen molar-refractivity contribution in [2.24, 2.45) is 27.2 Å². The first-order chi connectivity index (χ1) is 11.0. The zero-order chi connectivity index (χ0) is 16.4. The molecule has 3 rings (SSSR count). The van der Waals surface area contributed by atoms with Crippen LogP contribution in [0.2, 0.25) is 0 Å². The molecule has 0 radical (unpaired) electrons. The van der Waals surface area contributed by atoms with Crippen molar-refractivity contribution >= 4 is 44.6 Å². The third-order valence-corrected chi connectivity index (χ3v) is 3.65. The van der Waals surface area contributed by atoms with Gasteiger partial charge in [0.05, 0.1) is 11.3 Å². The van der Waals surface area contributed by atoms with Crippen molar-refractivity contribution in [3.63, 3.8) is 0 Å². The molecule has 1 heterocycles. The molecule has 23 heavy (non-hydrogen) atoms. The van der Waals surface area contributed by atoms with Gasteiger partial charge in [-0.15, -0.1) is 0 Å². The summed E-state index contributed by atoms with van der Waals surface area (Å²) in [6, 6.07) is 12.9. The van der Waals surface area contributed by atoms with E-state index in [4.69, 9.17) is 21.6 Å². The maximum Gasteiger partial charge on any atom is 0.228 e. The van der Waals surface area contributed by atoms with Crippen LogP contribution in [-0.4, -0.2) is 16.9 Å². The van der Waals surface area contributed by atoms with Crippen LogP contribution in [0.15, 0.2) is 61.3 Å². The van der Waals surface area contributed by atoms with E-state index in [1.54, 1.807) is 18.2 Å². The number of oxazole rings is 1. The molecule has 7 nitrogen and oxygen atoms in total. The lowest BCUT2D eigenvalue weighted by Crippen LogP contribution is -2.26. The van der Waals surface area contributed by atoms with Gasteiger partial charge in [-0.1, -0.05) is 12.1 Å². The summed E-state index contributed by atoms with van der Waals surface area (Å²) in [6.45, 7) is 0. The molecule has 3 aromatic rings. The van der Waals surface area contributed by atoms with Gasteiger partial charge in [0.2, 0.25) is 11.9 Å². The highest BCUT2D eigenvalue weighted by molar-refractivity contribution is 9.10. The fraction of sp³-hybridized carbons (Fsp3) is 0. The van der Waals surface area contributed by atoms with Crippen molar-refractivity contribution in [1.29, 1.82) is 0 Å². The van der Waals surface area contributed by atoms with Crippen LogP contribution in [0.4, 0.5) is 5.69 Å². The molecule has 116 valence electrons. The minimum absolute atomic E-state index is 0.0288. The number of fused-ring (bicyclic) bond motifs is 1. The zero-order valence-electron chi connectivity index (χ0n) is 11.9. The third kappa shape index (κ3) is 3.32. The van der Waals surface area contributed by atoms with Crippen LogP contribution in [0.3, 0.4) is 0 Å². The summed E-state index contributed by atoms with van der Waals surface area (Å²) in [7, 11) is 0. The number of aliphatic imine (C=N–C) groups is 2. The molecule has 1 aromatic heterocycles. The quantitative estimate of drug-likeness (QED) is 0.469. The lowest BCUT2D eigenvalue weighted by Gasteiger charge is -1.97. The second-order valence-electron chi connectivity index (χ2n) is 4.66. The number of benzene rings is 2. The molecule has 0 spiro atoms. The van der Waals surface area contributed by atoms with Gasteiger partial charge in [0.15, 0.2) is 11.5 Å². The summed E-state index contributed by atoms with van der Waals surface area (Å²) in [6.07, 6.45) is 0. The van der Waals surface area contributed by atoms with Gasteiger partial charge in [0.25, 0.3) is 0 Å². The predicted molar refractivity (Wildman–Crippen MR) is 94.2 cm³/mol. The molecule has 0 unspecified atom stereocenters. The van der Waals surface area contributed by atoms with E-state index in [-0.39, 0.29) is 11.9 Å². The largest absolute Gasteiger partial charge is 0.436 e. The highest BCUT2D eigenvalue weighted by Crippen LogP contribution is 2.31. The third-order valence-electron chi connectivity index (χ3n) is 2.96. The summed E-state index contributed by atoms with van der Waals surface area (Å²) in [4.78, 5) is 12.3. The van der Waals surface area contributed by atoms with E-state index in [1.165, 1.54) is 0 Å². The topological polar surface area (TPSA) is 129 Å². The Bertz CT molecular complexity index is 927. The lowest BCUT2D eigenvalue weighted by molar-refractivity contribution is 0.619. The number of hydrogen-bond donors (Lipinski definition) is 3. The van der Waals surface area contributed by atoms with Crippen LogP contribution < -0.4 is 17.2 Å². The normalized spacial score (nSPS) is 11.6. The van der Waals surface area contributed by atoms with E-state index < -0.39 is 0 Å². The van der Waals surface area contributed by atoms with Gasteiger partial charge in [-0.25, -0.2) is 9.98 Å². The van der Waals surface area contributed by atoms with Gasteiger partial charge in [0, 0.05) is 4.47 Å². The molecule has 0 bridgehead atoms. The first kappa shape index (κ1) is 15.0. The first-order valence-corrected chi connectivity index (χ1v) is 7.41. The van der Waals surface area contributed by atoms with Gasteiger partial charge >= 0.3 is 0 Å². The minimum atomic E-state index is -0.148. The Balaban J connectivity index is 2.02. The van der Waals surface area contributed by atoms with Crippen molar-refractivity contribution in [3.05, 3.63) is 46.9 Å². The molecule has 0 saturated carbocycles. The number of guanidine groups is 2. The van der Waals surface area contributed by atoms with Gasteiger partial charge in [-0.2, -0.15) is 4.99 Å². The van der Waals surface area contributed by atoms with Crippen LogP contribution in [0.1, 0.15) is 0 Å². The highest BCUT2D eigenvalue weighted by atomic mass is 79.9. The molecule has 0 aliphatic rings. The van der Waals surface area contributed by atoms with Crippen LogP contribution in [0.25, 0.3) is 22.6 Å². The van der Waals surface area contributed by atoms with Gasteiger partial charge in [-0.05, 0) is 46.3 Å². The van der Waals surface area contributed by atoms with E-state index in [0.29, 0.717) is 22.7 Å². The van der Waals surface area contributed by atoms with Crippen molar-refractivity contribution in [1.82, 2.24) is 4.98 Å². The first-order valence-electron chi connectivity index (χ1n) is 6.62. The van der Waals surface area contributed by atoms with E-state index >= 15 is 0 Å². The van der Waals surface area contributed by atoms with Gasteiger partial charge < -0.3 is 21.6 Å². The molecule has 0 saturated heterocycles. The summed E-state index contributed by atoms with van der Waals surface area (Å²) in [5.74, 6) is 0.342. The van der Waals surface area contributed by atoms with Crippen molar-refractivity contribution in [2.45, 2.75) is 0 Å². The molecule has 2 aromatic carbocycles. The maximum absolute atomic E-state index is 5.77. The van der Waals surface area contributed by atoms with E-state index in [2.05, 4.69) is 30.9 Å². The molecule has 0 aliphatic heterocycles. The molecule has 0 aliphatic carbocycles. The van der Waals surface area contributed by atoms with Crippen LogP contribution >= 0.6 is 15.9 Å². The zero-order valence-corrected chi connectivity index (χ0v) is 13.5. The van der Waals surface area contributed by atoms with Crippen LogP contribution in [0, 0.1) is 0 Å².